The molecule has 3 aromatic heterocycles. The molecule has 0 saturated carbocycles. The highest BCUT2D eigenvalue weighted by molar-refractivity contribution is 7.99. The van der Waals surface area contributed by atoms with Gasteiger partial charge in [-0.15, -0.1) is 0 Å². The van der Waals surface area contributed by atoms with Crippen molar-refractivity contribution >= 4 is 55.4 Å². The lowest BCUT2D eigenvalue weighted by Gasteiger charge is -2.39. The molecular weight excluding hydrogens is 799 g/mol. The Balaban J connectivity index is 1.08. The second-order valence-corrected chi connectivity index (χ2v) is 17.8. The zero-order chi connectivity index (χ0) is 41.9. The van der Waals surface area contributed by atoms with Crippen molar-refractivity contribution in [3.63, 3.8) is 0 Å². The highest BCUT2D eigenvalue weighted by Gasteiger charge is 2.50. The minimum Gasteiger partial charge on any atom is -0.307 e. The normalized spacial score (nSPS) is 13.4. The van der Waals surface area contributed by atoms with E-state index in [1.165, 1.54) is 53.9 Å². The molecule has 0 atom stereocenters. The van der Waals surface area contributed by atoms with E-state index in [1.54, 1.807) is 0 Å². The van der Waals surface area contributed by atoms with E-state index >= 15 is 0 Å². The third kappa shape index (κ3) is 4.83. The van der Waals surface area contributed by atoms with Crippen LogP contribution in [0.5, 0.6) is 0 Å². The Hall–Kier alpha value is -8.06. The van der Waals surface area contributed by atoms with Gasteiger partial charge < -0.3 is 4.57 Å². The molecule has 9 aromatic carbocycles. The molecular formula is C58H35N5S. The quantitative estimate of drug-likeness (QED) is 0.177. The molecule has 2 aliphatic rings. The summed E-state index contributed by atoms with van der Waals surface area (Å²) in [5, 5.41) is 4.63. The highest BCUT2D eigenvalue weighted by atomic mass is 32.2. The maximum absolute atomic E-state index is 5.56. The number of benzene rings is 9. The summed E-state index contributed by atoms with van der Waals surface area (Å²) in [7, 11) is 0. The Kier molecular flexibility index (Phi) is 7.48. The number of hydrogen-bond donors (Lipinski definition) is 0. The minimum absolute atomic E-state index is 0.526. The number of hydrogen-bond acceptors (Lipinski definition) is 4. The monoisotopic (exact) mass is 833 g/mol. The first-order valence-electron chi connectivity index (χ1n) is 21.7. The first-order chi connectivity index (χ1) is 31.8. The van der Waals surface area contributed by atoms with Crippen LogP contribution in [0.3, 0.4) is 0 Å². The van der Waals surface area contributed by atoms with Gasteiger partial charge in [0.05, 0.1) is 27.5 Å². The topological polar surface area (TPSA) is 48.5 Å². The first kappa shape index (κ1) is 35.5. The van der Waals surface area contributed by atoms with Crippen molar-refractivity contribution in [1.29, 1.82) is 0 Å². The zero-order valence-corrected chi connectivity index (χ0v) is 35.2. The van der Waals surface area contributed by atoms with E-state index in [2.05, 4.69) is 203 Å². The second-order valence-electron chi connectivity index (χ2n) is 16.7. The van der Waals surface area contributed by atoms with Crippen LogP contribution in [0, 0.1) is 0 Å². The van der Waals surface area contributed by atoms with Gasteiger partial charge in [-0.3, -0.25) is 4.57 Å². The molecule has 1 spiro atoms. The van der Waals surface area contributed by atoms with E-state index in [9.17, 15) is 0 Å². The third-order valence-electron chi connectivity index (χ3n) is 13.4. The van der Waals surface area contributed by atoms with Gasteiger partial charge in [0.2, 0.25) is 5.95 Å². The summed E-state index contributed by atoms with van der Waals surface area (Å²) < 4.78 is 4.68. The third-order valence-corrected chi connectivity index (χ3v) is 14.6. The minimum atomic E-state index is -0.526. The van der Waals surface area contributed by atoms with Crippen LogP contribution >= 0.6 is 11.8 Å². The van der Waals surface area contributed by atoms with Crippen molar-refractivity contribution in [2.24, 2.45) is 0 Å². The van der Waals surface area contributed by atoms with Gasteiger partial charge in [-0.2, -0.15) is 9.97 Å². The van der Waals surface area contributed by atoms with Crippen molar-refractivity contribution in [2.75, 3.05) is 0 Å². The van der Waals surface area contributed by atoms with Crippen LogP contribution in [-0.4, -0.2) is 24.1 Å². The van der Waals surface area contributed by atoms with Crippen molar-refractivity contribution in [3.8, 4) is 45.5 Å². The van der Waals surface area contributed by atoms with E-state index in [-0.39, 0.29) is 0 Å². The lowest BCUT2D eigenvalue weighted by molar-refractivity contribution is 0.722. The molecule has 0 radical (unpaired) electrons. The summed E-state index contributed by atoms with van der Waals surface area (Å²) >= 11 is 1.86. The van der Waals surface area contributed by atoms with E-state index in [0.29, 0.717) is 17.6 Å². The average Bonchev–Trinajstić information content (AvgIpc) is 3.99. The van der Waals surface area contributed by atoms with Crippen LogP contribution in [0.4, 0.5) is 0 Å². The van der Waals surface area contributed by atoms with E-state index in [1.807, 2.05) is 30.0 Å². The Labute approximate surface area is 373 Å². The van der Waals surface area contributed by atoms with E-state index in [4.69, 9.17) is 15.0 Å². The lowest BCUT2D eigenvalue weighted by Crippen LogP contribution is -2.31. The van der Waals surface area contributed by atoms with Crippen LogP contribution < -0.4 is 0 Å². The number of para-hydroxylation sites is 3. The smallest absolute Gasteiger partial charge is 0.238 e. The molecule has 6 heteroatoms. The lowest BCUT2D eigenvalue weighted by atomic mass is 9.67. The molecule has 12 aromatic rings. The molecule has 14 rings (SSSR count). The molecule has 0 fully saturated rings. The Morgan fingerprint density at radius 2 is 0.875 bits per heavy atom. The largest absolute Gasteiger partial charge is 0.307 e. The Morgan fingerprint density at radius 3 is 1.56 bits per heavy atom. The molecule has 0 bridgehead atoms. The first-order valence-corrected chi connectivity index (χ1v) is 22.5. The summed E-state index contributed by atoms with van der Waals surface area (Å²) in [5.41, 5.74) is 14.4. The molecule has 298 valence electrons. The molecule has 0 unspecified atom stereocenters. The summed E-state index contributed by atoms with van der Waals surface area (Å²) in [6.45, 7) is 0. The SMILES string of the molecule is c1ccc(-c2nc(-c3ccc4c(c3)C3(c5ccccc5Sc5ccccc53)c3ccccc3-4)nc(-n3c4ccccc4c4ccc5c6ccccc6n(-c6ccccc6)c5c43)n2)cc1. The summed E-state index contributed by atoms with van der Waals surface area (Å²) in [4.78, 5) is 18.9. The summed E-state index contributed by atoms with van der Waals surface area (Å²) in [6.07, 6.45) is 0. The van der Waals surface area contributed by atoms with E-state index < -0.39 is 5.41 Å². The second kappa shape index (κ2) is 13.5. The average molecular weight is 834 g/mol. The number of nitrogens with zero attached hydrogens (tertiary/aromatic N) is 5. The van der Waals surface area contributed by atoms with Gasteiger partial charge in [0.15, 0.2) is 11.6 Å². The molecule has 0 saturated heterocycles. The molecule has 0 amide bonds. The predicted molar refractivity (Wildman–Crippen MR) is 261 cm³/mol. The van der Waals surface area contributed by atoms with Gasteiger partial charge in [0.25, 0.3) is 0 Å². The fourth-order valence-electron chi connectivity index (χ4n) is 10.9. The van der Waals surface area contributed by atoms with Gasteiger partial charge in [0.1, 0.15) is 0 Å². The predicted octanol–water partition coefficient (Wildman–Crippen LogP) is 14.2. The number of rotatable bonds is 4. The highest BCUT2D eigenvalue weighted by Crippen LogP contribution is 2.62. The molecule has 1 aliphatic carbocycles. The zero-order valence-electron chi connectivity index (χ0n) is 34.4. The van der Waals surface area contributed by atoms with Crippen LogP contribution in [0.1, 0.15) is 22.3 Å². The Bertz CT molecular complexity index is 3840. The maximum Gasteiger partial charge on any atom is 0.238 e. The Morgan fingerprint density at radius 1 is 0.359 bits per heavy atom. The van der Waals surface area contributed by atoms with Crippen molar-refractivity contribution in [3.05, 3.63) is 235 Å². The van der Waals surface area contributed by atoms with Gasteiger partial charge in [-0.05, 0) is 75.8 Å². The van der Waals surface area contributed by atoms with Gasteiger partial charge in [0, 0.05) is 48.2 Å². The van der Waals surface area contributed by atoms with Gasteiger partial charge in [-0.25, -0.2) is 4.98 Å². The standard InChI is InChI=1S/C58H35N5S/c1-3-17-36(18-4-1)55-59-56(37-31-32-40-39-21-7-10-24-45(39)58(48(40)35-37)46-25-11-15-29-51(46)64-52-30-16-12-26-47(52)58)61-57(60-55)63-50-28-14-9-23-42(50)44-34-33-43-41-22-8-13-27-49(41)62(53(43)54(44)63)38-19-5-2-6-20-38/h1-35H. The fraction of sp³-hybridized carbons (Fsp3) is 0.0172. The fourth-order valence-corrected chi connectivity index (χ4v) is 12.0. The van der Waals surface area contributed by atoms with Crippen LogP contribution in [-0.2, 0) is 5.41 Å². The molecule has 0 N–H and O–H groups in total. The summed E-state index contributed by atoms with van der Waals surface area (Å²) in [6, 6.07) is 76.5. The summed E-state index contributed by atoms with van der Waals surface area (Å²) in [5.74, 6) is 1.80. The van der Waals surface area contributed by atoms with E-state index in [0.717, 1.165) is 49.7 Å². The van der Waals surface area contributed by atoms with Crippen LogP contribution in [0.2, 0.25) is 0 Å². The molecule has 1 aliphatic heterocycles. The molecule has 64 heavy (non-hydrogen) atoms. The molecule has 4 heterocycles. The van der Waals surface area contributed by atoms with Crippen LogP contribution in [0.25, 0.3) is 89.2 Å². The number of fused-ring (bicyclic) bond motifs is 16. The molecule has 5 nitrogen and oxygen atoms in total. The van der Waals surface area contributed by atoms with Crippen LogP contribution in [0.15, 0.2) is 222 Å². The van der Waals surface area contributed by atoms with Crippen molar-refractivity contribution in [1.82, 2.24) is 24.1 Å². The van der Waals surface area contributed by atoms with Gasteiger partial charge >= 0.3 is 0 Å². The maximum atomic E-state index is 5.56. The van der Waals surface area contributed by atoms with Crippen molar-refractivity contribution in [2.45, 2.75) is 15.2 Å². The van der Waals surface area contributed by atoms with Gasteiger partial charge in [-0.1, -0.05) is 182 Å². The van der Waals surface area contributed by atoms with Crippen molar-refractivity contribution < 1.29 is 0 Å². The number of aromatic nitrogens is 5.